The number of rotatable bonds is 5. The molecular formula is C15H15ClN2O2. The van der Waals surface area contributed by atoms with Gasteiger partial charge in [0.2, 0.25) is 5.91 Å². The van der Waals surface area contributed by atoms with Crippen LogP contribution >= 0.6 is 11.6 Å². The van der Waals surface area contributed by atoms with Crippen molar-refractivity contribution in [1.82, 2.24) is 0 Å². The largest absolute Gasteiger partial charge is 0.490 e. The van der Waals surface area contributed by atoms with Crippen LogP contribution in [0.5, 0.6) is 5.75 Å². The molecule has 0 heterocycles. The highest BCUT2D eigenvalue weighted by Gasteiger charge is 2.11. The van der Waals surface area contributed by atoms with E-state index in [9.17, 15) is 4.79 Å². The van der Waals surface area contributed by atoms with E-state index in [-0.39, 0.29) is 6.61 Å². The van der Waals surface area contributed by atoms with E-state index in [2.05, 4.69) is 0 Å². The van der Waals surface area contributed by atoms with Crippen molar-refractivity contribution in [2.45, 2.75) is 6.04 Å². The molecule has 0 saturated heterocycles. The monoisotopic (exact) mass is 290 g/mol. The molecule has 2 aromatic carbocycles. The minimum Gasteiger partial charge on any atom is -0.490 e. The van der Waals surface area contributed by atoms with Gasteiger partial charge in [-0.05, 0) is 23.3 Å². The number of hydrogen-bond donors (Lipinski definition) is 2. The van der Waals surface area contributed by atoms with Crippen LogP contribution in [0.1, 0.15) is 0 Å². The van der Waals surface area contributed by atoms with Crippen LogP contribution in [0.15, 0.2) is 48.5 Å². The van der Waals surface area contributed by atoms with Crippen molar-refractivity contribution < 1.29 is 9.53 Å². The predicted molar refractivity (Wildman–Crippen MR) is 79.6 cm³/mol. The summed E-state index contributed by atoms with van der Waals surface area (Å²) in [4.78, 5) is 10.8. The summed E-state index contributed by atoms with van der Waals surface area (Å²) in [5.41, 5.74) is 12.6. The second-order valence-electron chi connectivity index (χ2n) is 4.33. The lowest BCUT2D eigenvalue weighted by Gasteiger charge is -2.12. The maximum absolute atomic E-state index is 10.8. The van der Waals surface area contributed by atoms with Crippen molar-refractivity contribution in [2.24, 2.45) is 11.5 Å². The molecule has 0 radical (unpaired) electrons. The molecule has 0 spiro atoms. The average molecular weight is 291 g/mol. The van der Waals surface area contributed by atoms with Crippen LogP contribution in [0.3, 0.4) is 0 Å². The van der Waals surface area contributed by atoms with Crippen molar-refractivity contribution in [3.63, 3.8) is 0 Å². The second-order valence-corrected chi connectivity index (χ2v) is 4.74. The summed E-state index contributed by atoms with van der Waals surface area (Å²) in [5.74, 6) is -0.134. The Bertz CT molecular complexity index is 602. The van der Waals surface area contributed by atoms with E-state index in [0.29, 0.717) is 10.8 Å². The topological polar surface area (TPSA) is 78.3 Å². The van der Waals surface area contributed by atoms with Crippen molar-refractivity contribution in [1.29, 1.82) is 0 Å². The molecule has 2 aromatic rings. The molecule has 0 saturated carbocycles. The van der Waals surface area contributed by atoms with Crippen LogP contribution in [0, 0.1) is 0 Å². The van der Waals surface area contributed by atoms with Crippen molar-refractivity contribution >= 4 is 17.5 Å². The summed E-state index contributed by atoms with van der Waals surface area (Å²) in [5, 5.41) is 0.461. The third kappa shape index (κ3) is 3.50. The smallest absolute Gasteiger partial charge is 0.237 e. The number of halogens is 1. The summed E-state index contributed by atoms with van der Waals surface area (Å²) >= 11 is 6.16. The Kier molecular flexibility index (Phi) is 4.61. The van der Waals surface area contributed by atoms with Gasteiger partial charge in [-0.2, -0.15) is 0 Å². The van der Waals surface area contributed by atoms with Crippen LogP contribution in [-0.4, -0.2) is 18.6 Å². The van der Waals surface area contributed by atoms with Gasteiger partial charge in [-0.15, -0.1) is 0 Å². The molecule has 0 aliphatic heterocycles. The number of amides is 1. The number of nitrogens with two attached hydrogens (primary N) is 2. The van der Waals surface area contributed by atoms with Crippen LogP contribution in [-0.2, 0) is 4.79 Å². The van der Waals surface area contributed by atoms with Gasteiger partial charge in [0.25, 0.3) is 0 Å². The Morgan fingerprint density at radius 1 is 1.15 bits per heavy atom. The fourth-order valence-corrected chi connectivity index (χ4v) is 1.92. The molecule has 104 valence electrons. The van der Waals surface area contributed by atoms with Gasteiger partial charge in [-0.1, -0.05) is 48.0 Å². The summed E-state index contributed by atoms with van der Waals surface area (Å²) in [6.45, 7) is -0.000261. The lowest BCUT2D eigenvalue weighted by molar-refractivity contribution is -0.119. The molecule has 0 fully saturated rings. The molecule has 1 atom stereocenters. The summed E-state index contributed by atoms with van der Waals surface area (Å²) < 4.78 is 5.39. The molecule has 1 unspecified atom stereocenters. The first kappa shape index (κ1) is 14.4. The standard InChI is InChI=1S/C15H15ClN2O2/c16-12-8-11(10-4-2-1-3-5-10)6-7-14(12)20-9-13(17)15(18)19/h1-8,13H,9,17H2,(H2,18,19). The zero-order valence-corrected chi connectivity index (χ0v) is 11.5. The number of carbonyl (C=O) groups excluding carboxylic acids is 1. The Balaban J connectivity index is 2.12. The van der Waals surface area contributed by atoms with Gasteiger partial charge in [-0.3, -0.25) is 4.79 Å². The van der Waals surface area contributed by atoms with E-state index in [0.717, 1.165) is 11.1 Å². The third-order valence-corrected chi connectivity index (χ3v) is 3.12. The molecule has 0 aliphatic carbocycles. The minimum absolute atomic E-state index is 0.000261. The Morgan fingerprint density at radius 3 is 2.45 bits per heavy atom. The number of primary amides is 1. The minimum atomic E-state index is -0.847. The van der Waals surface area contributed by atoms with Crippen molar-refractivity contribution in [3.8, 4) is 16.9 Å². The van der Waals surface area contributed by atoms with Gasteiger partial charge < -0.3 is 16.2 Å². The first-order chi connectivity index (χ1) is 9.58. The Labute approximate surface area is 122 Å². The molecule has 2 rings (SSSR count). The van der Waals surface area contributed by atoms with Gasteiger partial charge >= 0.3 is 0 Å². The van der Waals surface area contributed by atoms with Crippen LogP contribution < -0.4 is 16.2 Å². The SMILES string of the molecule is NC(=O)C(N)COc1ccc(-c2ccccc2)cc1Cl. The van der Waals surface area contributed by atoms with E-state index in [1.54, 1.807) is 6.07 Å². The zero-order valence-electron chi connectivity index (χ0n) is 10.8. The van der Waals surface area contributed by atoms with Crippen LogP contribution in [0.4, 0.5) is 0 Å². The van der Waals surface area contributed by atoms with Gasteiger partial charge in [0.15, 0.2) is 0 Å². The second kappa shape index (κ2) is 6.41. The van der Waals surface area contributed by atoms with Crippen LogP contribution in [0.2, 0.25) is 5.02 Å². The van der Waals surface area contributed by atoms with Gasteiger partial charge in [0, 0.05) is 0 Å². The van der Waals surface area contributed by atoms with E-state index in [1.807, 2.05) is 42.5 Å². The van der Waals surface area contributed by atoms with E-state index in [1.165, 1.54) is 0 Å². The maximum Gasteiger partial charge on any atom is 0.237 e. The van der Waals surface area contributed by atoms with Crippen LogP contribution in [0.25, 0.3) is 11.1 Å². The maximum atomic E-state index is 10.8. The summed E-state index contributed by atoms with van der Waals surface area (Å²) in [7, 11) is 0. The average Bonchev–Trinajstić information content (AvgIpc) is 2.46. The lowest BCUT2D eigenvalue weighted by atomic mass is 10.1. The molecule has 5 heteroatoms. The van der Waals surface area contributed by atoms with E-state index >= 15 is 0 Å². The van der Waals surface area contributed by atoms with Crippen molar-refractivity contribution in [3.05, 3.63) is 53.6 Å². The number of hydrogen-bond acceptors (Lipinski definition) is 3. The molecule has 4 N–H and O–H groups in total. The third-order valence-electron chi connectivity index (χ3n) is 2.82. The highest BCUT2D eigenvalue weighted by Crippen LogP contribution is 2.30. The molecule has 0 aliphatic rings. The molecular weight excluding hydrogens is 276 g/mol. The first-order valence-corrected chi connectivity index (χ1v) is 6.48. The summed E-state index contributed by atoms with van der Waals surface area (Å²) in [6, 6.07) is 14.5. The number of benzene rings is 2. The number of carbonyl (C=O) groups is 1. The van der Waals surface area contributed by atoms with Crippen molar-refractivity contribution in [2.75, 3.05) is 6.61 Å². The fourth-order valence-electron chi connectivity index (χ4n) is 1.69. The van der Waals surface area contributed by atoms with Gasteiger partial charge in [-0.25, -0.2) is 0 Å². The van der Waals surface area contributed by atoms with E-state index < -0.39 is 11.9 Å². The predicted octanol–water partition coefficient (Wildman–Crippen LogP) is 2.20. The highest BCUT2D eigenvalue weighted by atomic mass is 35.5. The first-order valence-electron chi connectivity index (χ1n) is 6.10. The quantitative estimate of drug-likeness (QED) is 0.886. The Hall–Kier alpha value is -2.04. The lowest BCUT2D eigenvalue weighted by Crippen LogP contribution is -2.41. The Morgan fingerprint density at radius 2 is 1.85 bits per heavy atom. The molecule has 4 nitrogen and oxygen atoms in total. The molecule has 0 bridgehead atoms. The van der Waals surface area contributed by atoms with E-state index in [4.69, 9.17) is 27.8 Å². The number of ether oxygens (including phenoxy) is 1. The normalized spacial score (nSPS) is 11.9. The van der Waals surface area contributed by atoms with Gasteiger partial charge in [0.1, 0.15) is 18.4 Å². The fraction of sp³-hybridized carbons (Fsp3) is 0.133. The zero-order chi connectivity index (χ0) is 14.5. The molecule has 20 heavy (non-hydrogen) atoms. The summed E-state index contributed by atoms with van der Waals surface area (Å²) in [6.07, 6.45) is 0. The van der Waals surface area contributed by atoms with Gasteiger partial charge in [0.05, 0.1) is 5.02 Å². The highest BCUT2D eigenvalue weighted by molar-refractivity contribution is 6.32. The molecule has 0 aromatic heterocycles. The molecule has 1 amide bonds.